The molecule has 0 aliphatic heterocycles. The van der Waals surface area contributed by atoms with E-state index in [0.29, 0.717) is 5.82 Å². The first-order valence-corrected chi connectivity index (χ1v) is 4.53. The fourth-order valence-corrected chi connectivity index (χ4v) is 0.909. The molecule has 0 fully saturated rings. The maximum Gasteiger partial charge on any atom is 0.125 e. The SMILES string of the molecule is Cc1ccc(NCC(C)(O)CO)nc1. The number of aryl methyl sites for hydroxylation is 1. The van der Waals surface area contributed by atoms with Crippen LogP contribution < -0.4 is 5.32 Å². The predicted molar refractivity (Wildman–Crippen MR) is 55.2 cm³/mol. The van der Waals surface area contributed by atoms with E-state index in [-0.39, 0.29) is 13.2 Å². The smallest absolute Gasteiger partial charge is 0.125 e. The monoisotopic (exact) mass is 196 g/mol. The summed E-state index contributed by atoms with van der Waals surface area (Å²) in [6.07, 6.45) is 1.75. The Morgan fingerprint density at radius 1 is 1.50 bits per heavy atom. The van der Waals surface area contributed by atoms with Crippen molar-refractivity contribution in [3.8, 4) is 0 Å². The van der Waals surface area contributed by atoms with E-state index in [1.165, 1.54) is 0 Å². The van der Waals surface area contributed by atoms with Gasteiger partial charge in [-0.2, -0.15) is 0 Å². The Balaban J connectivity index is 2.50. The first-order valence-electron chi connectivity index (χ1n) is 4.53. The fraction of sp³-hybridized carbons (Fsp3) is 0.500. The second kappa shape index (κ2) is 4.39. The van der Waals surface area contributed by atoms with Gasteiger partial charge in [0.05, 0.1) is 6.61 Å². The number of rotatable bonds is 4. The van der Waals surface area contributed by atoms with Crippen LogP contribution in [0, 0.1) is 6.92 Å². The molecule has 3 N–H and O–H groups in total. The molecule has 0 saturated carbocycles. The predicted octanol–water partition coefficient (Wildman–Crippen LogP) is 0.545. The summed E-state index contributed by atoms with van der Waals surface area (Å²) in [5, 5.41) is 21.2. The van der Waals surface area contributed by atoms with Crippen molar-refractivity contribution in [1.82, 2.24) is 4.98 Å². The van der Waals surface area contributed by atoms with Gasteiger partial charge in [0.25, 0.3) is 0 Å². The van der Waals surface area contributed by atoms with Crippen LogP contribution in [-0.4, -0.2) is 33.9 Å². The van der Waals surface area contributed by atoms with E-state index < -0.39 is 5.60 Å². The van der Waals surface area contributed by atoms with Crippen LogP contribution in [0.3, 0.4) is 0 Å². The van der Waals surface area contributed by atoms with E-state index in [9.17, 15) is 5.11 Å². The molecule has 4 heteroatoms. The lowest BCUT2D eigenvalue weighted by Gasteiger charge is -2.20. The number of nitrogens with one attached hydrogen (secondary N) is 1. The molecule has 1 aromatic rings. The molecule has 0 aromatic carbocycles. The van der Waals surface area contributed by atoms with Crippen molar-refractivity contribution >= 4 is 5.82 Å². The Labute approximate surface area is 83.6 Å². The van der Waals surface area contributed by atoms with E-state index in [1.807, 2.05) is 19.1 Å². The van der Waals surface area contributed by atoms with Crippen molar-refractivity contribution in [3.63, 3.8) is 0 Å². The maximum absolute atomic E-state index is 9.50. The quantitative estimate of drug-likeness (QED) is 0.658. The number of aliphatic hydroxyl groups is 2. The van der Waals surface area contributed by atoms with Crippen LogP contribution in [0.15, 0.2) is 18.3 Å². The summed E-state index contributed by atoms with van der Waals surface area (Å²) in [5.74, 6) is 0.698. The first-order chi connectivity index (χ1) is 6.53. The third-order valence-electron chi connectivity index (χ3n) is 1.90. The summed E-state index contributed by atoms with van der Waals surface area (Å²) in [4.78, 5) is 4.11. The van der Waals surface area contributed by atoms with Gasteiger partial charge in [0.15, 0.2) is 0 Å². The molecule has 1 atom stereocenters. The Kier molecular flexibility index (Phi) is 3.43. The first kappa shape index (κ1) is 10.9. The van der Waals surface area contributed by atoms with Crippen LogP contribution in [-0.2, 0) is 0 Å². The second-order valence-electron chi connectivity index (χ2n) is 3.73. The van der Waals surface area contributed by atoms with Gasteiger partial charge in [-0.1, -0.05) is 6.07 Å². The van der Waals surface area contributed by atoms with Gasteiger partial charge >= 0.3 is 0 Å². The summed E-state index contributed by atoms with van der Waals surface area (Å²) in [7, 11) is 0. The summed E-state index contributed by atoms with van der Waals surface area (Å²) in [6.45, 7) is 3.53. The lowest BCUT2D eigenvalue weighted by atomic mass is 10.1. The van der Waals surface area contributed by atoms with Crippen molar-refractivity contribution in [2.75, 3.05) is 18.5 Å². The van der Waals surface area contributed by atoms with Crippen LogP contribution in [0.4, 0.5) is 5.82 Å². The van der Waals surface area contributed by atoms with Gasteiger partial charge in [-0.3, -0.25) is 0 Å². The third-order valence-corrected chi connectivity index (χ3v) is 1.90. The Morgan fingerprint density at radius 3 is 2.71 bits per heavy atom. The van der Waals surface area contributed by atoms with E-state index in [2.05, 4.69) is 10.3 Å². The van der Waals surface area contributed by atoms with Crippen LogP contribution in [0.2, 0.25) is 0 Å². The number of aliphatic hydroxyl groups excluding tert-OH is 1. The molecule has 0 saturated heterocycles. The minimum absolute atomic E-state index is 0.272. The van der Waals surface area contributed by atoms with E-state index in [0.717, 1.165) is 5.56 Å². The molecule has 0 radical (unpaired) electrons. The normalized spacial score (nSPS) is 14.9. The minimum atomic E-state index is -1.10. The number of hydrogen-bond donors (Lipinski definition) is 3. The van der Waals surface area contributed by atoms with Gasteiger partial charge in [0, 0.05) is 12.7 Å². The number of hydrogen-bond acceptors (Lipinski definition) is 4. The average molecular weight is 196 g/mol. The second-order valence-corrected chi connectivity index (χ2v) is 3.73. The van der Waals surface area contributed by atoms with Gasteiger partial charge in [0.1, 0.15) is 11.4 Å². The van der Waals surface area contributed by atoms with E-state index in [1.54, 1.807) is 13.1 Å². The lowest BCUT2D eigenvalue weighted by molar-refractivity contribution is 0.0132. The van der Waals surface area contributed by atoms with Gasteiger partial charge in [-0.15, -0.1) is 0 Å². The molecule has 1 heterocycles. The molecule has 1 aromatic heterocycles. The molecule has 4 nitrogen and oxygen atoms in total. The molecule has 14 heavy (non-hydrogen) atoms. The molecular weight excluding hydrogens is 180 g/mol. The van der Waals surface area contributed by atoms with Crippen molar-refractivity contribution in [2.24, 2.45) is 0 Å². The molecule has 0 aliphatic carbocycles. The highest BCUT2D eigenvalue weighted by Crippen LogP contribution is 2.07. The van der Waals surface area contributed by atoms with Crippen molar-refractivity contribution in [3.05, 3.63) is 23.9 Å². The fourth-order valence-electron chi connectivity index (χ4n) is 0.909. The van der Waals surface area contributed by atoms with E-state index >= 15 is 0 Å². The van der Waals surface area contributed by atoms with Crippen molar-refractivity contribution in [1.29, 1.82) is 0 Å². The molecule has 0 spiro atoms. The molecule has 0 aliphatic rings. The Morgan fingerprint density at radius 2 is 2.21 bits per heavy atom. The molecular formula is C10H16N2O2. The highest BCUT2D eigenvalue weighted by atomic mass is 16.3. The highest BCUT2D eigenvalue weighted by molar-refractivity contribution is 5.35. The number of nitrogens with zero attached hydrogens (tertiary/aromatic N) is 1. The lowest BCUT2D eigenvalue weighted by Crippen LogP contribution is -2.37. The standard InChI is InChI=1S/C10H16N2O2/c1-8-3-4-9(11-5-8)12-6-10(2,14)7-13/h3-5,13-14H,6-7H2,1-2H3,(H,11,12). The summed E-state index contributed by atoms with van der Waals surface area (Å²) < 4.78 is 0. The molecule has 0 bridgehead atoms. The van der Waals surface area contributed by atoms with Crippen LogP contribution in [0.25, 0.3) is 0 Å². The van der Waals surface area contributed by atoms with E-state index in [4.69, 9.17) is 5.11 Å². The third kappa shape index (κ3) is 3.32. The maximum atomic E-state index is 9.50. The summed E-state index contributed by atoms with van der Waals surface area (Å²) in [5.41, 5.74) is -0.0171. The van der Waals surface area contributed by atoms with Crippen LogP contribution >= 0.6 is 0 Å². The molecule has 0 amide bonds. The van der Waals surface area contributed by atoms with Gasteiger partial charge in [-0.25, -0.2) is 4.98 Å². The largest absolute Gasteiger partial charge is 0.393 e. The molecule has 1 unspecified atom stereocenters. The summed E-state index contributed by atoms with van der Waals surface area (Å²) in [6, 6.07) is 3.77. The minimum Gasteiger partial charge on any atom is -0.393 e. The van der Waals surface area contributed by atoms with Gasteiger partial charge < -0.3 is 15.5 Å². The number of anilines is 1. The molecule has 78 valence electrons. The van der Waals surface area contributed by atoms with Gasteiger partial charge in [-0.05, 0) is 25.5 Å². The topological polar surface area (TPSA) is 65.4 Å². The number of aromatic nitrogens is 1. The zero-order chi connectivity index (χ0) is 10.6. The van der Waals surface area contributed by atoms with Crippen molar-refractivity contribution in [2.45, 2.75) is 19.4 Å². The zero-order valence-corrected chi connectivity index (χ0v) is 8.49. The van der Waals surface area contributed by atoms with Crippen LogP contribution in [0.1, 0.15) is 12.5 Å². The van der Waals surface area contributed by atoms with Crippen LogP contribution in [0.5, 0.6) is 0 Å². The zero-order valence-electron chi connectivity index (χ0n) is 8.49. The molecule has 1 rings (SSSR count). The highest BCUT2D eigenvalue weighted by Gasteiger charge is 2.18. The average Bonchev–Trinajstić information content (AvgIpc) is 2.17. The van der Waals surface area contributed by atoms with Gasteiger partial charge in [0.2, 0.25) is 0 Å². The number of pyridine rings is 1. The summed E-state index contributed by atoms with van der Waals surface area (Å²) >= 11 is 0. The Bertz CT molecular complexity index is 283. The Hall–Kier alpha value is -1.13. The van der Waals surface area contributed by atoms with Crippen molar-refractivity contribution < 1.29 is 10.2 Å².